The van der Waals surface area contributed by atoms with Gasteiger partial charge in [-0.2, -0.15) is 0 Å². The minimum atomic E-state index is -0.393. The van der Waals surface area contributed by atoms with Crippen LogP contribution >= 0.6 is 0 Å². The van der Waals surface area contributed by atoms with Crippen LogP contribution in [-0.2, 0) is 76.3 Å². The molecule has 808 valence electrons. The molecule has 0 radical (unpaired) electrons. The minimum absolute atomic E-state index is 0.0240. The highest BCUT2D eigenvalue weighted by Gasteiger charge is 2.35. The number of carbonyl (C=O) groups is 8. The smallest absolute Gasteiger partial charge is 0.311 e. The third kappa shape index (κ3) is 63.5. The van der Waals surface area contributed by atoms with Gasteiger partial charge in [0.2, 0.25) is 0 Å². The van der Waals surface area contributed by atoms with E-state index in [1.54, 1.807) is 0 Å². The zero-order valence-corrected chi connectivity index (χ0v) is 96.8. The molecule has 0 aliphatic heterocycles. The molecule has 4 rings (SSSR count). The number of quaternary nitrogens is 8. The monoisotopic (exact) mass is 1950 g/mol. The fraction of sp³-hybridized carbons (Fsp3) is 0.929. The van der Waals surface area contributed by atoms with E-state index in [9.17, 15) is 38.4 Å². The van der Waals surface area contributed by atoms with Crippen molar-refractivity contribution in [2.75, 3.05) is 265 Å². The number of hydrogen-bond acceptors (Lipinski definition) is 16. The molecule has 2 atom stereocenters. The average Bonchev–Trinajstić information content (AvgIpc) is 1.20. The largest absolute Gasteiger partial charge is 0.459 e. The highest BCUT2D eigenvalue weighted by Crippen LogP contribution is 2.30. The van der Waals surface area contributed by atoms with Gasteiger partial charge in [-0.05, 0) is 255 Å². The van der Waals surface area contributed by atoms with Crippen molar-refractivity contribution in [3.05, 3.63) is 0 Å². The topological polar surface area (TPSA) is 210 Å². The second-order valence-corrected chi connectivity index (χ2v) is 46.2. The zero-order chi connectivity index (χ0) is 105. The molecule has 2 unspecified atom stereocenters. The third-order valence-corrected chi connectivity index (χ3v) is 28.9. The van der Waals surface area contributed by atoms with Gasteiger partial charge in [-0.15, -0.1) is 0 Å². The van der Waals surface area contributed by atoms with Crippen LogP contribution in [0.25, 0.3) is 0 Å². The fourth-order valence-corrected chi connectivity index (χ4v) is 18.2. The van der Waals surface area contributed by atoms with E-state index in [-0.39, 0.29) is 82.3 Å². The van der Waals surface area contributed by atoms with E-state index in [1.807, 2.05) is 83.1 Å². The Balaban J connectivity index is -0.000000735. The molecule has 24 nitrogen and oxygen atoms in total. The number of esters is 8. The molecule has 4 aliphatic rings. The Morgan fingerprint density at radius 1 is 0.199 bits per heavy atom. The second-order valence-electron chi connectivity index (χ2n) is 46.2. The van der Waals surface area contributed by atoms with Gasteiger partial charge in [0, 0.05) is 0 Å². The van der Waals surface area contributed by atoms with Gasteiger partial charge in [-0.25, -0.2) is 0 Å². The van der Waals surface area contributed by atoms with Crippen LogP contribution in [0.5, 0.6) is 0 Å². The standard InChI is InChI=1S/C17H34NO2.C16H32NO2.C16H34NO2.C15H32NO2.C14H28NO2.C13H28NO2.C11H22NO2.C10H22NO2/c1-4-7-13-18(6-3,12-5-2)14-15-20-17(19)16-10-8-9-11-16;1-4-11-17(6-3,12-5-2)13-14-19-16(18)15-9-7-8-10-15;1-7-10-12-17(9-3,11-8-2)13-14-19-15(18)16(4,5)6;1-7-10-16(9-3,11-8-2)12-13-18-14(17)15(4,5)6;1-4-15(5-2,6-3)11-12-17-14(16)13-9-7-8-10-13;1-7-14(8-2,9-3)10-11-16-12(15)13(4,5)6;1-12(2,3)8-9-14-11(13)10-6-4-5-7-10;1-10(2,3)9(12)13-8-7-11(4,5)6/h16H,4-15H2,1-3H3;15H,4-14H2,1-3H3;7-14H2,1-6H3;7-13H2,1-6H3;13H,4-12H2,1-3H3;7-11H2,1-6H3;10H,4-9H2,1-3H3;7-8H2,1-6H3/q8*+1. The van der Waals surface area contributed by atoms with Crippen LogP contribution in [0.2, 0.25) is 0 Å². The molecule has 4 fully saturated rings. The van der Waals surface area contributed by atoms with Crippen LogP contribution in [0.3, 0.4) is 0 Å². The summed E-state index contributed by atoms with van der Waals surface area (Å²) in [4.78, 5) is 93.6. The summed E-state index contributed by atoms with van der Waals surface area (Å²) < 4.78 is 51.1. The Hall–Kier alpha value is -4.56. The van der Waals surface area contributed by atoms with Gasteiger partial charge < -0.3 is 73.8 Å². The molecule has 0 N–H and O–H groups in total. The molecule has 0 aromatic rings. The van der Waals surface area contributed by atoms with Gasteiger partial charge in [-0.1, -0.05) is 120 Å². The third-order valence-electron chi connectivity index (χ3n) is 28.9. The van der Waals surface area contributed by atoms with E-state index < -0.39 is 10.8 Å². The molecule has 0 heterocycles. The van der Waals surface area contributed by atoms with Crippen molar-refractivity contribution in [2.45, 2.75) is 375 Å². The Morgan fingerprint density at radius 2 is 0.346 bits per heavy atom. The van der Waals surface area contributed by atoms with Gasteiger partial charge in [0.1, 0.15) is 105 Å². The Labute approximate surface area is 840 Å². The number of ether oxygens (including phenoxy) is 8. The van der Waals surface area contributed by atoms with Crippen molar-refractivity contribution in [1.82, 2.24) is 0 Å². The summed E-state index contributed by atoms with van der Waals surface area (Å²) >= 11 is 0. The van der Waals surface area contributed by atoms with Crippen LogP contribution < -0.4 is 0 Å². The molecule has 4 saturated carbocycles. The number of unbranched alkanes of at least 4 members (excludes halogenated alkanes) is 2. The Kier molecular flexibility index (Phi) is 75.3. The summed E-state index contributed by atoms with van der Waals surface area (Å²) in [7, 11) is 12.5. The van der Waals surface area contributed by atoms with Crippen molar-refractivity contribution in [1.29, 1.82) is 0 Å². The maximum absolute atomic E-state index is 12.0. The van der Waals surface area contributed by atoms with Crippen molar-refractivity contribution < 1.29 is 112 Å². The Bertz CT molecular complexity index is 3010. The van der Waals surface area contributed by atoms with Gasteiger partial charge in [0.15, 0.2) is 0 Å². The number of likely N-dealkylation sites (N-methyl/N-ethyl adjacent to an activating group) is 8. The van der Waals surface area contributed by atoms with Gasteiger partial charge in [-0.3, -0.25) is 38.4 Å². The van der Waals surface area contributed by atoms with Crippen LogP contribution in [-0.4, -0.2) is 349 Å². The molecular formula is C112H232N8O16+8. The molecule has 4 aliphatic carbocycles. The fourth-order valence-electron chi connectivity index (χ4n) is 18.2. The summed E-state index contributed by atoms with van der Waals surface area (Å²) in [5.74, 6) is 0.557. The first-order valence-electron chi connectivity index (χ1n) is 55.6. The molecular weight excluding hydrogens is 1710 g/mol. The normalized spacial score (nSPS) is 15.7. The summed E-state index contributed by atoms with van der Waals surface area (Å²) in [6.45, 7) is 95.5. The maximum atomic E-state index is 12.0. The SMILES string of the molecule is CC(C)(C)C(=O)OCC[N+](C)(C)C.CCCC[N+](CC)(CCC)CCOC(=O)C(C)(C)C.CCCC[N+](CC)(CCC)CCOC(=O)C1CCCC1.CCC[N+](CC)(CCC)CCOC(=O)C(C)(C)C.CCC[N+](CC)(CCC)CCOC(=O)C1CCCC1.CC[N+](CC)(CC)CCOC(=O)C(C)(C)C.CC[N+](CC)(CC)CCOC(=O)C1CCCC1.C[N+](C)(C)CCOC(=O)C1CCCC1. The molecule has 0 saturated heterocycles. The lowest BCUT2D eigenvalue weighted by Crippen LogP contribution is -2.51. The molecule has 0 amide bonds. The quantitative estimate of drug-likeness (QED) is 0.0315. The highest BCUT2D eigenvalue weighted by atomic mass is 16.6. The predicted octanol–water partition coefficient (Wildman–Crippen LogP) is 21.8. The minimum Gasteiger partial charge on any atom is -0.459 e. The Morgan fingerprint density at radius 3 is 0.493 bits per heavy atom. The first-order chi connectivity index (χ1) is 63.6. The van der Waals surface area contributed by atoms with E-state index in [0.717, 1.165) is 205 Å². The number of nitrogens with zero attached hydrogens (tertiary/aromatic N) is 8. The lowest BCUT2D eigenvalue weighted by Gasteiger charge is -2.37. The molecule has 0 aromatic carbocycles. The number of carbonyl (C=O) groups excluding carboxylic acids is 8. The highest BCUT2D eigenvalue weighted by molar-refractivity contribution is 5.77. The van der Waals surface area contributed by atoms with Crippen LogP contribution in [0.15, 0.2) is 0 Å². The van der Waals surface area contributed by atoms with Gasteiger partial charge >= 0.3 is 47.8 Å². The van der Waals surface area contributed by atoms with Gasteiger partial charge in [0.05, 0.1) is 205 Å². The molecule has 24 heteroatoms. The van der Waals surface area contributed by atoms with E-state index in [4.69, 9.17) is 37.9 Å². The lowest BCUT2D eigenvalue weighted by molar-refractivity contribution is -0.927. The molecule has 136 heavy (non-hydrogen) atoms. The first kappa shape index (κ1) is 138. The van der Waals surface area contributed by atoms with E-state index in [1.165, 1.54) is 168 Å². The van der Waals surface area contributed by atoms with E-state index in [2.05, 4.69) is 167 Å². The molecule has 0 spiro atoms. The first-order valence-corrected chi connectivity index (χ1v) is 55.6. The maximum Gasteiger partial charge on any atom is 0.311 e. The lowest BCUT2D eigenvalue weighted by atomic mass is 9.97. The summed E-state index contributed by atoms with van der Waals surface area (Å²) in [6.07, 6.45) is 30.0. The molecule has 0 aromatic heterocycles. The zero-order valence-electron chi connectivity index (χ0n) is 96.8. The molecule has 0 bridgehead atoms. The van der Waals surface area contributed by atoms with E-state index >= 15 is 0 Å². The number of rotatable bonds is 56. The summed E-state index contributed by atoms with van der Waals surface area (Å²) in [5.41, 5.74) is -1.56. The van der Waals surface area contributed by atoms with Crippen molar-refractivity contribution in [3.63, 3.8) is 0 Å². The van der Waals surface area contributed by atoms with Crippen molar-refractivity contribution >= 4 is 47.8 Å². The second kappa shape index (κ2) is 74.4. The van der Waals surface area contributed by atoms with Crippen LogP contribution in [0, 0.1) is 45.3 Å². The van der Waals surface area contributed by atoms with Crippen LogP contribution in [0.1, 0.15) is 375 Å². The predicted molar refractivity (Wildman–Crippen MR) is 566 cm³/mol. The van der Waals surface area contributed by atoms with Crippen molar-refractivity contribution in [3.8, 4) is 0 Å². The number of hydrogen-bond donors (Lipinski definition) is 0. The van der Waals surface area contributed by atoms with Crippen molar-refractivity contribution in [2.24, 2.45) is 45.3 Å². The van der Waals surface area contributed by atoms with Gasteiger partial charge in [0.25, 0.3) is 0 Å². The average molecular weight is 1950 g/mol. The van der Waals surface area contributed by atoms with Crippen LogP contribution in [0.4, 0.5) is 0 Å². The summed E-state index contributed by atoms with van der Waals surface area (Å²) in [6, 6.07) is 0. The van der Waals surface area contributed by atoms with E-state index in [0.29, 0.717) is 52.9 Å². The summed E-state index contributed by atoms with van der Waals surface area (Å²) in [5, 5.41) is 0.